The van der Waals surface area contributed by atoms with Crippen molar-refractivity contribution in [2.24, 2.45) is 9.98 Å². The van der Waals surface area contributed by atoms with E-state index in [1.807, 2.05) is 0 Å². The van der Waals surface area contributed by atoms with Crippen LogP contribution in [0.5, 0.6) is 0 Å². The smallest absolute Gasteiger partial charge is 0.235 e. The van der Waals surface area contributed by atoms with Gasteiger partial charge in [-0.25, -0.2) is 9.98 Å². The van der Waals surface area contributed by atoms with Crippen molar-refractivity contribution >= 4 is 115 Å². The van der Waals surface area contributed by atoms with Gasteiger partial charge in [-0.05, 0) is 120 Å². The lowest BCUT2D eigenvalue weighted by Gasteiger charge is -2.14. The molecule has 0 radical (unpaired) electrons. The summed E-state index contributed by atoms with van der Waals surface area (Å²) in [7, 11) is 0. The van der Waals surface area contributed by atoms with E-state index in [0.717, 1.165) is 71.6 Å². The molecule has 4 nitrogen and oxygen atoms in total. The van der Waals surface area contributed by atoms with Gasteiger partial charge in [-0.3, -0.25) is 4.57 Å². The fraction of sp³-hybridized carbons (Fsp3) is 0.0149. The topological polar surface area (TPSA) is 34.6 Å². The number of para-hydroxylation sites is 2. The van der Waals surface area contributed by atoms with Crippen LogP contribution in [-0.4, -0.2) is 20.8 Å². The van der Waals surface area contributed by atoms with Crippen LogP contribution >= 0.6 is 0 Å². The number of fused-ring (bicyclic) bond motifs is 14. The van der Waals surface area contributed by atoms with E-state index in [4.69, 9.17) is 9.98 Å². The number of aromatic nitrogens is 2. The van der Waals surface area contributed by atoms with Crippen LogP contribution in [0.4, 0.5) is 0 Å². The molecule has 0 N–H and O–H groups in total. The van der Waals surface area contributed by atoms with Crippen molar-refractivity contribution in [2.45, 2.75) is 6.92 Å². The second kappa shape index (κ2) is 16.1. The van der Waals surface area contributed by atoms with E-state index < -0.39 is 0 Å². The maximum Gasteiger partial charge on any atom is 0.235 e. The predicted octanol–water partition coefficient (Wildman–Crippen LogP) is 17.7. The molecule has 0 spiro atoms. The molecule has 14 aromatic rings. The van der Waals surface area contributed by atoms with E-state index in [1.165, 1.54) is 59.5 Å². The molecule has 0 bridgehead atoms. The van der Waals surface area contributed by atoms with Gasteiger partial charge in [0.05, 0.1) is 27.8 Å². The molecular formula is C67H44N4. The van der Waals surface area contributed by atoms with Gasteiger partial charge in [0.1, 0.15) is 0 Å². The Morgan fingerprint density at radius 1 is 0.338 bits per heavy atom. The van der Waals surface area contributed by atoms with E-state index in [-0.39, 0.29) is 0 Å². The molecule has 0 aliphatic heterocycles. The van der Waals surface area contributed by atoms with Gasteiger partial charge in [-0.2, -0.15) is 0 Å². The zero-order chi connectivity index (χ0) is 47.2. The number of nitrogens with zero attached hydrogens (tertiary/aromatic N) is 4. The van der Waals surface area contributed by atoms with E-state index in [2.05, 4.69) is 259 Å². The van der Waals surface area contributed by atoms with Crippen LogP contribution in [0.2, 0.25) is 0 Å². The van der Waals surface area contributed by atoms with Crippen LogP contribution in [0.25, 0.3) is 120 Å². The second-order valence-corrected chi connectivity index (χ2v) is 18.6. The molecular weight excluding hydrogens is 861 g/mol. The standard InChI is InChI=1S/C67H44N4/c1-42(49-29-15-19-44-17-3-5-21-51(44)49)68-67(69-43(2)50-30-16-20-45-18-4-6-22-52(45)50)71-64-32-14-12-28-59(64)62-40-47(34-38-66(62)71)46-33-37-65-61(39-46)58-27-11-13-31-63(58)70(65)48-35-36-57-55-25-8-7-23-53(55)54-24-9-10-26-56(54)60(57)41-48/h3-41H,1H2,2H3/b68-67+,69-43+. The zero-order valence-corrected chi connectivity index (χ0v) is 39.0. The molecule has 0 saturated carbocycles. The summed E-state index contributed by atoms with van der Waals surface area (Å²) in [5.41, 5.74) is 11.4. The maximum absolute atomic E-state index is 5.47. The fourth-order valence-corrected chi connectivity index (χ4v) is 11.4. The molecule has 0 aliphatic carbocycles. The summed E-state index contributed by atoms with van der Waals surface area (Å²) in [6, 6.07) is 85.4. The summed E-state index contributed by atoms with van der Waals surface area (Å²) in [6.45, 7) is 6.68. The summed E-state index contributed by atoms with van der Waals surface area (Å²) in [4.78, 5) is 10.9. The van der Waals surface area contributed by atoms with E-state index in [9.17, 15) is 0 Å². The molecule has 2 aromatic heterocycles. The molecule has 14 rings (SSSR count). The van der Waals surface area contributed by atoms with Gasteiger partial charge in [0.25, 0.3) is 0 Å². The first-order valence-corrected chi connectivity index (χ1v) is 24.3. The highest BCUT2D eigenvalue weighted by Crippen LogP contribution is 2.41. The highest BCUT2D eigenvalue weighted by Gasteiger charge is 2.20. The SMILES string of the molecule is C=C(/N=C(\N=C(/C)c1cccc2ccccc12)n1c2ccccc2c2cc(-c3ccc4c(c3)c3ccccc3n4-c3ccc4c5ccccc5c5ccccc5c4c3)ccc21)c1cccc2ccccc12. The Bertz CT molecular complexity index is 4570. The minimum atomic E-state index is 0.552. The Morgan fingerprint density at radius 2 is 0.775 bits per heavy atom. The van der Waals surface area contributed by atoms with Crippen molar-refractivity contribution in [3.05, 3.63) is 254 Å². The average Bonchev–Trinajstić information content (AvgIpc) is 3.94. The highest BCUT2D eigenvalue weighted by molar-refractivity contribution is 6.26. The van der Waals surface area contributed by atoms with Gasteiger partial charge < -0.3 is 4.57 Å². The molecule has 0 aliphatic rings. The van der Waals surface area contributed by atoms with Crippen molar-refractivity contribution in [2.75, 3.05) is 0 Å². The van der Waals surface area contributed by atoms with Gasteiger partial charge in [-0.15, -0.1) is 0 Å². The third-order valence-electron chi connectivity index (χ3n) is 14.6. The number of rotatable bonds is 5. The lowest BCUT2D eigenvalue weighted by molar-refractivity contribution is 1.19. The van der Waals surface area contributed by atoms with Gasteiger partial charge >= 0.3 is 0 Å². The number of benzene rings is 12. The maximum atomic E-state index is 5.47. The Labute approximate surface area is 410 Å². The van der Waals surface area contributed by atoms with Crippen LogP contribution in [0.1, 0.15) is 18.1 Å². The van der Waals surface area contributed by atoms with Crippen molar-refractivity contribution in [3.8, 4) is 16.8 Å². The van der Waals surface area contributed by atoms with E-state index in [1.54, 1.807) is 0 Å². The second-order valence-electron chi connectivity index (χ2n) is 18.6. The molecule has 4 heteroatoms. The lowest BCUT2D eigenvalue weighted by atomic mass is 9.94. The summed E-state index contributed by atoms with van der Waals surface area (Å²) in [5.74, 6) is 0.552. The van der Waals surface area contributed by atoms with Crippen LogP contribution in [0, 0.1) is 0 Å². The molecule has 332 valence electrons. The Balaban J connectivity index is 0.935. The largest absolute Gasteiger partial charge is 0.309 e. The fourth-order valence-electron chi connectivity index (χ4n) is 11.4. The number of hydrogen-bond donors (Lipinski definition) is 0. The van der Waals surface area contributed by atoms with Gasteiger partial charge in [0, 0.05) is 44.1 Å². The summed E-state index contributed by atoms with van der Waals surface area (Å²) >= 11 is 0. The molecule has 2 heterocycles. The van der Waals surface area contributed by atoms with Gasteiger partial charge in [0.2, 0.25) is 5.96 Å². The van der Waals surface area contributed by atoms with Crippen LogP contribution in [0.15, 0.2) is 253 Å². The third-order valence-corrected chi connectivity index (χ3v) is 14.6. The molecule has 12 aromatic carbocycles. The van der Waals surface area contributed by atoms with Crippen LogP contribution < -0.4 is 0 Å². The average molecular weight is 905 g/mol. The van der Waals surface area contributed by atoms with Crippen LogP contribution in [-0.2, 0) is 0 Å². The first kappa shape index (κ1) is 40.7. The van der Waals surface area contributed by atoms with Crippen molar-refractivity contribution in [1.82, 2.24) is 9.13 Å². The van der Waals surface area contributed by atoms with Gasteiger partial charge in [0.15, 0.2) is 0 Å². The minimum Gasteiger partial charge on any atom is -0.309 e. The van der Waals surface area contributed by atoms with Crippen molar-refractivity contribution < 1.29 is 0 Å². The quantitative estimate of drug-likeness (QED) is 0.0937. The first-order chi connectivity index (χ1) is 35.1. The Kier molecular flexibility index (Phi) is 9.23. The van der Waals surface area contributed by atoms with Crippen LogP contribution in [0.3, 0.4) is 0 Å². The van der Waals surface area contributed by atoms with Crippen molar-refractivity contribution in [1.29, 1.82) is 0 Å². The van der Waals surface area contributed by atoms with Gasteiger partial charge in [-0.1, -0.05) is 195 Å². The summed E-state index contributed by atoms with van der Waals surface area (Å²) in [5, 5.41) is 16.9. The molecule has 0 atom stereocenters. The third kappa shape index (κ3) is 6.46. The molecule has 0 unspecified atom stereocenters. The lowest BCUT2D eigenvalue weighted by Crippen LogP contribution is -2.12. The Morgan fingerprint density at radius 3 is 1.42 bits per heavy atom. The molecule has 0 amide bonds. The highest BCUT2D eigenvalue weighted by atomic mass is 15.2. The number of aliphatic imine (C=N–C) groups is 2. The predicted molar refractivity (Wildman–Crippen MR) is 304 cm³/mol. The molecule has 71 heavy (non-hydrogen) atoms. The first-order valence-electron chi connectivity index (χ1n) is 24.3. The number of hydrogen-bond acceptors (Lipinski definition) is 1. The Hall–Kier alpha value is -9.38. The molecule has 0 fully saturated rings. The van der Waals surface area contributed by atoms with Crippen molar-refractivity contribution in [3.63, 3.8) is 0 Å². The normalized spacial score (nSPS) is 12.5. The van der Waals surface area contributed by atoms with E-state index in [0.29, 0.717) is 11.7 Å². The minimum absolute atomic E-state index is 0.552. The summed E-state index contributed by atoms with van der Waals surface area (Å²) < 4.78 is 4.65. The molecule has 0 saturated heterocycles. The monoisotopic (exact) mass is 904 g/mol. The zero-order valence-electron chi connectivity index (χ0n) is 39.0. The summed E-state index contributed by atoms with van der Waals surface area (Å²) in [6.07, 6.45) is 0. The van der Waals surface area contributed by atoms with E-state index >= 15 is 0 Å².